The van der Waals surface area contributed by atoms with Gasteiger partial charge in [-0.15, -0.1) is 0 Å². The average molecular weight is 478 g/mol. The number of amides is 2. The van der Waals surface area contributed by atoms with Gasteiger partial charge in [0, 0.05) is 28.9 Å². The number of hydrogen-bond acceptors (Lipinski definition) is 4. The van der Waals surface area contributed by atoms with Crippen molar-refractivity contribution >= 4 is 44.8 Å². The molecule has 1 N–H and O–H groups in total. The number of carbonyl (C=O) groups is 2. The lowest BCUT2D eigenvalue weighted by Gasteiger charge is -2.28. The highest BCUT2D eigenvalue weighted by Crippen LogP contribution is 2.35. The quantitative estimate of drug-likeness (QED) is 0.654. The van der Waals surface area contributed by atoms with Crippen LogP contribution in [0.2, 0.25) is 5.02 Å². The number of fused-ring (bicyclic) bond motifs is 1. The third-order valence-corrected chi connectivity index (χ3v) is 7.01. The van der Waals surface area contributed by atoms with Gasteiger partial charge in [-0.3, -0.25) is 13.9 Å². The van der Waals surface area contributed by atoms with E-state index in [9.17, 15) is 18.0 Å². The minimum Gasteiger partial charge on any atom is -0.327 e. The van der Waals surface area contributed by atoms with E-state index in [1.54, 1.807) is 49.4 Å². The summed E-state index contributed by atoms with van der Waals surface area (Å²) in [5.41, 5.74) is 2.40. The van der Waals surface area contributed by atoms with Crippen LogP contribution in [0.3, 0.4) is 0 Å². The van der Waals surface area contributed by atoms with Gasteiger partial charge in [-0.1, -0.05) is 24.6 Å². The van der Waals surface area contributed by atoms with Crippen molar-refractivity contribution < 1.29 is 18.0 Å². The van der Waals surface area contributed by atoms with Crippen LogP contribution in [0.25, 0.3) is 0 Å². The average Bonchev–Trinajstić information content (AvgIpc) is 3.06. The van der Waals surface area contributed by atoms with Gasteiger partial charge >= 0.3 is 0 Å². The standard InChI is InChI=1S/C23H28ClN3O4S/c1-5-11-26(16(3)22(28)25-20-8-6-7-19(24)14-20)23(29)17-9-10-21-18(13-17)12-15(2)27(21)32(4,30)31/h6-10,13-16H,5,11-12H2,1-4H3,(H,25,28)/t15-,16+/m1/s1. The van der Waals surface area contributed by atoms with Crippen molar-refractivity contribution in [3.05, 3.63) is 58.6 Å². The van der Waals surface area contributed by atoms with Gasteiger partial charge < -0.3 is 10.2 Å². The second-order valence-corrected chi connectivity index (χ2v) is 10.4. The summed E-state index contributed by atoms with van der Waals surface area (Å²) in [6, 6.07) is 11.0. The zero-order valence-corrected chi connectivity index (χ0v) is 20.2. The van der Waals surface area contributed by atoms with Gasteiger partial charge in [0.2, 0.25) is 15.9 Å². The monoisotopic (exact) mass is 477 g/mol. The van der Waals surface area contributed by atoms with Crippen molar-refractivity contribution in [3.63, 3.8) is 0 Å². The molecule has 2 amide bonds. The van der Waals surface area contributed by atoms with Gasteiger partial charge in [0.1, 0.15) is 6.04 Å². The van der Waals surface area contributed by atoms with Crippen LogP contribution < -0.4 is 9.62 Å². The van der Waals surface area contributed by atoms with E-state index in [1.165, 1.54) is 15.5 Å². The Hall–Kier alpha value is -2.58. The van der Waals surface area contributed by atoms with Crippen LogP contribution in [-0.4, -0.2) is 50.0 Å². The highest BCUT2D eigenvalue weighted by molar-refractivity contribution is 7.92. The Morgan fingerprint density at radius 2 is 1.97 bits per heavy atom. The molecule has 0 radical (unpaired) electrons. The van der Waals surface area contributed by atoms with Crippen LogP contribution in [0, 0.1) is 0 Å². The molecule has 2 aromatic rings. The Bertz CT molecular complexity index is 1140. The lowest BCUT2D eigenvalue weighted by atomic mass is 10.1. The Morgan fingerprint density at radius 3 is 2.59 bits per heavy atom. The Labute approximate surface area is 194 Å². The van der Waals surface area contributed by atoms with Gasteiger partial charge in [0.25, 0.3) is 5.91 Å². The summed E-state index contributed by atoms with van der Waals surface area (Å²) < 4.78 is 25.7. The molecule has 0 saturated carbocycles. The normalized spacial score (nSPS) is 16.4. The summed E-state index contributed by atoms with van der Waals surface area (Å²) in [7, 11) is -3.41. The summed E-state index contributed by atoms with van der Waals surface area (Å²) >= 11 is 5.99. The van der Waals surface area contributed by atoms with Crippen molar-refractivity contribution in [2.24, 2.45) is 0 Å². The molecule has 0 fully saturated rings. The van der Waals surface area contributed by atoms with E-state index < -0.39 is 16.1 Å². The second-order valence-electron chi connectivity index (χ2n) is 8.13. The van der Waals surface area contributed by atoms with Crippen molar-refractivity contribution in [1.82, 2.24) is 4.90 Å². The molecule has 1 heterocycles. The SMILES string of the molecule is CCCN(C(=O)c1ccc2c(c1)C[C@@H](C)N2S(C)(=O)=O)[C@@H](C)C(=O)Nc1cccc(Cl)c1. The first-order valence-electron chi connectivity index (χ1n) is 10.5. The van der Waals surface area contributed by atoms with Crippen molar-refractivity contribution in [3.8, 4) is 0 Å². The summed E-state index contributed by atoms with van der Waals surface area (Å²) in [6.07, 6.45) is 2.40. The van der Waals surface area contributed by atoms with E-state index in [0.29, 0.717) is 41.3 Å². The van der Waals surface area contributed by atoms with Gasteiger partial charge in [0.05, 0.1) is 11.9 Å². The largest absolute Gasteiger partial charge is 0.327 e. The van der Waals surface area contributed by atoms with E-state index in [-0.39, 0.29) is 17.9 Å². The molecule has 1 aliphatic heterocycles. The maximum Gasteiger partial charge on any atom is 0.254 e. The number of nitrogens with one attached hydrogen (secondary N) is 1. The van der Waals surface area contributed by atoms with Gasteiger partial charge in [-0.25, -0.2) is 8.42 Å². The fourth-order valence-electron chi connectivity index (χ4n) is 4.07. The summed E-state index contributed by atoms with van der Waals surface area (Å²) in [5, 5.41) is 3.31. The van der Waals surface area contributed by atoms with Crippen LogP contribution in [0.4, 0.5) is 11.4 Å². The molecule has 0 unspecified atom stereocenters. The Balaban J connectivity index is 1.83. The molecule has 0 spiro atoms. The van der Waals surface area contributed by atoms with Crippen LogP contribution in [0.15, 0.2) is 42.5 Å². The number of halogens is 1. The number of rotatable bonds is 7. The van der Waals surface area contributed by atoms with Crippen LogP contribution in [0.1, 0.15) is 43.1 Å². The fourth-order valence-corrected chi connectivity index (χ4v) is 5.53. The Morgan fingerprint density at radius 1 is 1.25 bits per heavy atom. The molecule has 1 aliphatic rings. The summed E-state index contributed by atoms with van der Waals surface area (Å²) in [6.45, 7) is 5.88. The summed E-state index contributed by atoms with van der Waals surface area (Å²) in [4.78, 5) is 27.7. The first kappa shape index (κ1) is 24.1. The number of sulfonamides is 1. The molecule has 0 aromatic heterocycles. The molecular weight excluding hydrogens is 450 g/mol. The molecular formula is C23H28ClN3O4S. The van der Waals surface area contributed by atoms with E-state index in [0.717, 1.165) is 5.56 Å². The molecule has 0 saturated heterocycles. The smallest absolute Gasteiger partial charge is 0.254 e. The molecule has 7 nitrogen and oxygen atoms in total. The van der Waals surface area contributed by atoms with E-state index in [4.69, 9.17) is 11.6 Å². The highest BCUT2D eigenvalue weighted by Gasteiger charge is 2.34. The fraction of sp³-hybridized carbons (Fsp3) is 0.391. The third-order valence-electron chi connectivity index (χ3n) is 5.50. The predicted octanol–water partition coefficient (Wildman–Crippen LogP) is 3.93. The molecule has 9 heteroatoms. The maximum atomic E-state index is 13.3. The van der Waals surface area contributed by atoms with Crippen LogP contribution in [0.5, 0.6) is 0 Å². The van der Waals surface area contributed by atoms with Gasteiger partial charge in [-0.2, -0.15) is 0 Å². The molecule has 0 bridgehead atoms. The van der Waals surface area contributed by atoms with Crippen LogP contribution in [-0.2, 0) is 21.2 Å². The topological polar surface area (TPSA) is 86.8 Å². The molecule has 3 rings (SSSR count). The first-order valence-corrected chi connectivity index (χ1v) is 12.7. The second kappa shape index (κ2) is 9.50. The van der Waals surface area contributed by atoms with E-state index in [1.807, 2.05) is 13.8 Å². The van der Waals surface area contributed by atoms with Crippen molar-refractivity contribution in [2.75, 3.05) is 22.4 Å². The number of anilines is 2. The minimum atomic E-state index is -3.41. The summed E-state index contributed by atoms with van der Waals surface area (Å²) in [5.74, 6) is -0.582. The van der Waals surface area contributed by atoms with Gasteiger partial charge in [0.15, 0.2) is 0 Å². The van der Waals surface area contributed by atoms with E-state index >= 15 is 0 Å². The zero-order valence-electron chi connectivity index (χ0n) is 18.6. The third kappa shape index (κ3) is 5.07. The lowest BCUT2D eigenvalue weighted by molar-refractivity contribution is -0.120. The highest BCUT2D eigenvalue weighted by atomic mass is 35.5. The Kier molecular flexibility index (Phi) is 7.15. The predicted molar refractivity (Wildman–Crippen MR) is 128 cm³/mol. The van der Waals surface area contributed by atoms with Crippen molar-refractivity contribution in [1.29, 1.82) is 0 Å². The first-order chi connectivity index (χ1) is 15.0. The molecule has 32 heavy (non-hydrogen) atoms. The number of nitrogens with zero attached hydrogens (tertiary/aromatic N) is 2. The molecule has 0 aliphatic carbocycles. The number of hydrogen-bond donors (Lipinski definition) is 1. The molecule has 2 atom stereocenters. The van der Waals surface area contributed by atoms with E-state index in [2.05, 4.69) is 5.32 Å². The van der Waals surface area contributed by atoms with Crippen molar-refractivity contribution in [2.45, 2.75) is 45.7 Å². The van der Waals surface area contributed by atoms with Gasteiger partial charge in [-0.05, 0) is 68.7 Å². The van der Waals surface area contributed by atoms with Crippen LogP contribution >= 0.6 is 11.6 Å². The zero-order chi connectivity index (χ0) is 23.6. The molecule has 2 aromatic carbocycles. The lowest BCUT2D eigenvalue weighted by Crippen LogP contribution is -2.46. The number of benzene rings is 2. The maximum absolute atomic E-state index is 13.3. The molecule has 172 valence electrons. The number of carbonyl (C=O) groups excluding carboxylic acids is 2. The minimum absolute atomic E-state index is 0.209.